The Morgan fingerprint density at radius 3 is 2.12 bits per heavy atom. The van der Waals surface area contributed by atoms with Crippen molar-refractivity contribution in [3.63, 3.8) is 0 Å². The molecule has 0 unspecified atom stereocenters. The molecule has 5 nitrogen and oxygen atoms in total. The van der Waals surface area contributed by atoms with Crippen LogP contribution in [-0.4, -0.2) is 33.3 Å². The van der Waals surface area contributed by atoms with Gasteiger partial charge in [-0.15, -0.1) is 0 Å². The molecule has 1 saturated carbocycles. The molecule has 0 atom stereocenters. The van der Waals surface area contributed by atoms with Crippen molar-refractivity contribution < 1.29 is 14.3 Å². The SMILES string of the molecule is CCCNc1ccc(-c2c(OC)cc(-c3ccc(NCC4CC4)cc3)c(C(=O)OC)c2C)cc1. The maximum absolute atomic E-state index is 12.9. The van der Waals surface area contributed by atoms with Crippen LogP contribution in [0.5, 0.6) is 5.75 Å². The number of hydrogen-bond donors (Lipinski definition) is 2. The number of nitrogens with one attached hydrogen (secondary N) is 2. The van der Waals surface area contributed by atoms with Crippen molar-refractivity contribution >= 4 is 17.3 Å². The van der Waals surface area contributed by atoms with Gasteiger partial charge in [0.25, 0.3) is 0 Å². The van der Waals surface area contributed by atoms with Gasteiger partial charge in [-0.1, -0.05) is 31.2 Å². The molecule has 1 fully saturated rings. The van der Waals surface area contributed by atoms with E-state index < -0.39 is 0 Å². The first-order chi connectivity index (χ1) is 16.5. The smallest absolute Gasteiger partial charge is 0.338 e. The van der Waals surface area contributed by atoms with E-state index in [-0.39, 0.29) is 5.97 Å². The molecule has 5 heteroatoms. The Balaban J connectivity index is 1.74. The first-order valence-electron chi connectivity index (χ1n) is 12.0. The van der Waals surface area contributed by atoms with Gasteiger partial charge in [0.1, 0.15) is 5.75 Å². The fourth-order valence-corrected chi connectivity index (χ4v) is 4.28. The van der Waals surface area contributed by atoms with E-state index in [1.54, 1.807) is 7.11 Å². The number of carbonyl (C=O) groups excluding carboxylic acids is 1. The molecule has 0 saturated heterocycles. The van der Waals surface area contributed by atoms with Gasteiger partial charge in [-0.05, 0) is 79.1 Å². The zero-order valence-electron chi connectivity index (χ0n) is 20.5. The fraction of sp³-hybridized carbons (Fsp3) is 0.345. The number of esters is 1. The molecular formula is C29H34N2O3. The number of carbonyl (C=O) groups is 1. The number of benzene rings is 3. The molecule has 2 N–H and O–H groups in total. The van der Waals surface area contributed by atoms with Crippen LogP contribution in [0.1, 0.15) is 42.1 Å². The molecule has 0 aromatic heterocycles. The third kappa shape index (κ3) is 5.19. The number of rotatable bonds is 10. The standard InChI is InChI=1S/C29H34N2O3/c1-5-16-30-23-14-10-22(11-15-23)27-19(2)28(29(32)34-4)25(17-26(27)33-3)21-8-12-24(13-9-21)31-18-20-6-7-20/h8-15,17,20,30-31H,5-7,16,18H2,1-4H3. The normalized spacial score (nSPS) is 12.8. The molecule has 0 heterocycles. The Morgan fingerprint density at radius 2 is 1.56 bits per heavy atom. The van der Waals surface area contributed by atoms with Crippen molar-refractivity contribution in [2.75, 3.05) is 37.9 Å². The summed E-state index contributed by atoms with van der Waals surface area (Å²) in [6.07, 6.45) is 3.70. The number of methoxy groups -OCH3 is 2. The van der Waals surface area contributed by atoms with Crippen LogP contribution in [0.15, 0.2) is 54.6 Å². The molecule has 0 radical (unpaired) electrons. The molecule has 0 aliphatic heterocycles. The maximum Gasteiger partial charge on any atom is 0.338 e. The Labute approximate surface area is 202 Å². The van der Waals surface area contributed by atoms with Gasteiger partial charge in [-0.3, -0.25) is 0 Å². The van der Waals surface area contributed by atoms with E-state index in [9.17, 15) is 4.79 Å². The summed E-state index contributed by atoms with van der Waals surface area (Å²) in [7, 11) is 3.09. The summed E-state index contributed by atoms with van der Waals surface area (Å²) in [5.41, 5.74) is 7.21. The second kappa shape index (κ2) is 10.6. The van der Waals surface area contributed by atoms with Crippen LogP contribution in [0.3, 0.4) is 0 Å². The van der Waals surface area contributed by atoms with E-state index in [2.05, 4.69) is 54.0 Å². The van der Waals surface area contributed by atoms with E-state index in [1.165, 1.54) is 20.0 Å². The fourth-order valence-electron chi connectivity index (χ4n) is 4.28. The highest BCUT2D eigenvalue weighted by atomic mass is 16.5. The van der Waals surface area contributed by atoms with Gasteiger partial charge in [0.2, 0.25) is 0 Å². The second-order valence-corrected chi connectivity index (χ2v) is 8.90. The predicted octanol–water partition coefficient (Wildman–Crippen LogP) is 6.77. The monoisotopic (exact) mass is 458 g/mol. The minimum Gasteiger partial charge on any atom is -0.496 e. The quantitative estimate of drug-likeness (QED) is 0.328. The van der Waals surface area contributed by atoms with Gasteiger partial charge >= 0.3 is 5.97 Å². The highest BCUT2D eigenvalue weighted by Gasteiger charge is 2.24. The summed E-state index contributed by atoms with van der Waals surface area (Å²) in [5, 5.41) is 6.89. The lowest BCUT2D eigenvalue weighted by Crippen LogP contribution is -2.09. The molecular weight excluding hydrogens is 424 g/mol. The molecule has 4 rings (SSSR count). The average Bonchev–Trinajstić information content (AvgIpc) is 3.70. The first kappa shape index (κ1) is 23.7. The third-order valence-corrected chi connectivity index (χ3v) is 6.39. The van der Waals surface area contributed by atoms with Crippen LogP contribution in [0, 0.1) is 12.8 Å². The van der Waals surface area contributed by atoms with E-state index in [0.717, 1.165) is 70.4 Å². The molecule has 3 aromatic rings. The van der Waals surface area contributed by atoms with Gasteiger partial charge in [0.05, 0.1) is 19.8 Å². The largest absolute Gasteiger partial charge is 0.496 e. The Morgan fingerprint density at radius 1 is 0.941 bits per heavy atom. The highest BCUT2D eigenvalue weighted by Crippen LogP contribution is 2.41. The molecule has 0 amide bonds. The van der Waals surface area contributed by atoms with Crippen LogP contribution >= 0.6 is 0 Å². The van der Waals surface area contributed by atoms with Crippen molar-refractivity contribution in [3.05, 3.63) is 65.7 Å². The zero-order chi connectivity index (χ0) is 24.1. The van der Waals surface area contributed by atoms with Crippen molar-refractivity contribution in [3.8, 4) is 28.0 Å². The van der Waals surface area contributed by atoms with Crippen molar-refractivity contribution in [2.24, 2.45) is 5.92 Å². The summed E-state index contributed by atoms with van der Waals surface area (Å²) in [6.45, 7) is 6.05. The van der Waals surface area contributed by atoms with E-state index in [1.807, 2.05) is 25.1 Å². The van der Waals surface area contributed by atoms with Gasteiger partial charge in [-0.2, -0.15) is 0 Å². The van der Waals surface area contributed by atoms with Crippen LogP contribution in [-0.2, 0) is 4.74 Å². The van der Waals surface area contributed by atoms with Crippen molar-refractivity contribution in [2.45, 2.75) is 33.1 Å². The first-order valence-corrected chi connectivity index (χ1v) is 12.0. The molecule has 0 spiro atoms. The Kier molecular flexibility index (Phi) is 7.41. The lowest BCUT2D eigenvalue weighted by atomic mass is 9.88. The average molecular weight is 459 g/mol. The van der Waals surface area contributed by atoms with Crippen molar-refractivity contribution in [1.82, 2.24) is 0 Å². The summed E-state index contributed by atoms with van der Waals surface area (Å²) < 4.78 is 11.0. The van der Waals surface area contributed by atoms with Gasteiger partial charge in [0, 0.05) is 35.6 Å². The minimum atomic E-state index is -0.353. The summed E-state index contributed by atoms with van der Waals surface area (Å²) in [4.78, 5) is 12.9. The van der Waals surface area contributed by atoms with Crippen LogP contribution in [0.4, 0.5) is 11.4 Å². The molecule has 1 aliphatic rings. The lowest BCUT2D eigenvalue weighted by molar-refractivity contribution is 0.0601. The van der Waals surface area contributed by atoms with Crippen molar-refractivity contribution in [1.29, 1.82) is 0 Å². The molecule has 0 bridgehead atoms. The topological polar surface area (TPSA) is 59.6 Å². The molecule has 3 aromatic carbocycles. The summed E-state index contributed by atoms with van der Waals surface area (Å²) in [6, 6.07) is 18.4. The van der Waals surface area contributed by atoms with Gasteiger partial charge in [-0.25, -0.2) is 4.79 Å². The van der Waals surface area contributed by atoms with E-state index in [4.69, 9.17) is 9.47 Å². The summed E-state index contributed by atoms with van der Waals surface area (Å²) in [5.74, 6) is 1.18. The molecule has 1 aliphatic carbocycles. The number of ether oxygens (including phenoxy) is 2. The van der Waals surface area contributed by atoms with Crippen LogP contribution in [0.2, 0.25) is 0 Å². The van der Waals surface area contributed by atoms with Crippen LogP contribution in [0.25, 0.3) is 22.3 Å². The van der Waals surface area contributed by atoms with E-state index in [0.29, 0.717) is 5.56 Å². The number of anilines is 2. The van der Waals surface area contributed by atoms with Crippen LogP contribution < -0.4 is 15.4 Å². The highest BCUT2D eigenvalue weighted by molar-refractivity contribution is 6.02. The Hall–Kier alpha value is -3.47. The third-order valence-electron chi connectivity index (χ3n) is 6.39. The van der Waals surface area contributed by atoms with Gasteiger partial charge < -0.3 is 20.1 Å². The minimum absolute atomic E-state index is 0.353. The van der Waals surface area contributed by atoms with E-state index >= 15 is 0 Å². The Bertz CT molecular complexity index is 1130. The molecule has 34 heavy (non-hydrogen) atoms. The molecule has 178 valence electrons. The zero-order valence-corrected chi connectivity index (χ0v) is 20.5. The number of hydrogen-bond acceptors (Lipinski definition) is 5. The van der Waals surface area contributed by atoms with Gasteiger partial charge in [0.15, 0.2) is 0 Å². The second-order valence-electron chi connectivity index (χ2n) is 8.90. The maximum atomic E-state index is 12.9. The summed E-state index contributed by atoms with van der Waals surface area (Å²) >= 11 is 0. The lowest BCUT2D eigenvalue weighted by Gasteiger charge is -2.19. The predicted molar refractivity (Wildman–Crippen MR) is 140 cm³/mol.